The maximum absolute atomic E-state index is 11.8. The van der Waals surface area contributed by atoms with Gasteiger partial charge >= 0.3 is 11.7 Å². The van der Waals surface area contributed by atoms with Crippen molar-refractivity contribution in [2.24, 2.45) is 0 Å². The first-order valence-corrected chi connectivity index (χ1v) is 6.83. The standard InChI is InChI=1S/C15H17NO5/c1-3-4-7-20-14(18)9-16-12-6-5-11(10(2)17)8-13(12)21-15(16)19/h5-6,8H,3-4,7,9H2,1-2H3. The lowest BCUT2D eigenvalue weighted by Gasteiger charge is -2.04. The van der Waals surface area contributed by atoms with Crippen LogP contribution in [0.2, 0.25) is 0 Å². The van der Waals surface area contributed by atoms with Gasteiger partial charge in [0.05, 0.1) is 12.1 Å². The molecule has 1 aromatic carbocycles. The van der Waals surface area contributed by atoms with E-state index >= 15 is 0 Å². The molecule has 0 aliphatic rings. The van der Waals surface area contributed by atoms with Gasteiger partial charge < -0.3 is 9.15 Å². The van der Waals surface area contributed by atoms with E-state index in [-0.39, 0.29) is 17.9 Å². The number of nitrogens with zero attached hydrogens (tertiary/aromatic N) is 1. The first-order chi connectivity index (χ1) is 10.0. The van der Waals surface area contributed by atoms with Crippen LogP contribution in [0.25, 0.3) is 11.1 Å². The Morgan fingerprint density at radius 2 is 2.10 bits per heavy atom. The summed E-state index contributed by atoms with van der Waals surface area (Å²) in [6, 6.07) is 4.69. The Balaban J connectivity index is 2.24. The van der Waals surface area contributed by atoms with Gasteiger partial charge in [-0.1, -0.05) is 13.3 Å². The van der Waals surface area contributed by atoms with E-state index in [1.807, 2.05) is 6.92 Å². The van der Waals surface area contributed by atoms with Crippen LogP contribution in [0.4, 0.5) is 0 Å². The molecule has 21 heavy (non-hydrogen) atoms. The van der Waals surface area contributed by atoms with Gasteiger partial charge in [0, 0.05) is 5.56 Å². The molecule has 0 amide bonds. The van der Waals surface area contributed by atoms with Crippen LogP contribution in [0, 0.1) is 0 Å². The van der Waals surface area contributed by atoms with Gasteiger partial charge in [-0.05, 0) is 31.5 Å². The molecule has 112 valence electrons. The van der Waals surface area contributed by atoms with Crippen molar-refractivity contribution in [2.45, 2.75) is 33.2 Å². The number of rotatable bonds is 6. The summed E-state index contributed by atoms with van der Waals surface area (Å²) < 4.78 is 11.3. The van der Waals surface area contributed by atoms with Gasteiger partial charge in [-0.2, -0.15) is 0 Å². The van der Waals surface area contributed by atoms with Crippen LogP contribution in [0.15, 0.2) is 27.4 Å². The summed E-state index contributed by atoms with van der Waals surface area (Å²) in [5, 5.41) is 0. The van der Waals surface area contributed by atoms with E-state index in [4.69, 9.17) is 9.15 Å². The van der Waals surface area contributed by atoms with Crippen molar-refractivity contribution in [3.05, 3.63) is 34.3 Å². The summed E-state index contributed by atoms with van der Waals surface area (Å²) in [6.45, 7) is 3.57. The highest BCUT2D eigenvalue weighted by Crippen LogP contribution is 2.15. The zero-order valence-corrected chi connectivity index (χ0v) is 12.0. The number of oxazole rings is 1. The van der Waals surface area contributed by atoms with Gasteiger partial charge in [0.25, 0.3) is 0 Å². The molecular formula is C15H17NO5. The number of hydrogen-bond acceptors (Lipinski definition) is 5. The summed E-state index contributed by atoms with van der Waals surface area (Å²) in [6.07, 6.45) is 1.71. The number of carbonyl (C=O) groups is 2. The molecule has 6 nitrogen and oxygen atoms in total. The molecule has 0 saturated carbocycles. The summed E-state index contributed by atoms with van der Waals surface area (Å²) >= 11 is 0. The summed E-state index contributed by atoms with van der Waals surface area (Å²) in [5.41, 5.74) is 1.21. The van der Waals surface area contributed by atoms with Crippen molar-refractivity contribution in [2.75, 3.05) is 6.61 Å². The maximum atomic E-state index is 11.8. The number of Topliss-reactive ketones (excluding diaryl/α,β-unsaturated/α-hetero) is 1. The average Bonchev–Trinajstić information content (AvgIpc) is 2.74. The highest BCUT2D eigenvalue weighted by molar-refractivity contribution is 5.97. The van der Waals surface area contributed by atoms with Gasteiger partial charge in [-0.3, -0.25) is 14.2 Å². The maximum Gasteiger partial charge on any atom is 0.420 e. The third-order valence-corrected chi connectivity index (χ3v) is 3.12. The largest absolute Gasteiger partial charge is 0.464 e. The minimum absolute atomic E-state index is 0.119. The molecule has 1 aromatic heterocycles. The molecular weight excluding hydrogens is 274 g/mol. The highest BCUT2D eigenvalue weighted by Gasteiger charge is 2.14. The monoisotopic (exact) mass is 291 g/mol. The van der Waals surface area contributed by atoms with Gasteiger partial charge in [0.2, 0.25) is 0 Å². The second kappa shape index (κ2) is 6.39. The van der Waals surface area contributed by atoms with Crippen LogP contribution >= 0.6 is 0 Å². The zero-order chi connectivity index (χ0) is 15.4. The molecule has 0 unspecified atom stereocenters. The van der Waals surface area contributed by atoms with E-state index in [2.05, 4.69) is 0 Å². The lowest BCUT2D eigenvalue weighted by molar-refractivity contribution is -0.144. The van der Waals surface area contributed by atoms with E-state index in [0.717, 1.165) is 12.8 Å². The summed E-state index contributed by atoms with van der Waals surface area (Å²) in [7, 11) is 0. The van der Waals surface area contributed by atoms with Crippen LogP contribution in [0.1, 0.15) is 37.0 Å². The molecule has 0 fully saturated rings. The van der Waals surface area contributed by atoms with Crippen LogP contribution < -0.4 is 5.76 Å². The first kappa shape index (κ1) is 15.0. The van der Waals surface area contributed by atoms with Crippen molar-refractivity contribution in [3.8, 4) is 0 Å². The molecule has 0 bridgehead atoms. The average molecular weight is 291 g/mol. The zero-order valence-electron chi connectivity index (χ0n) is 12.0. The number of ether oxygens (including phenoxy) is 1. The second-order valence-corrected chi connectivity index (χ2v) is 4.77. The lowest BCUT2D eigenvalue weighted by atomic mass is 10.1. The van der Waals surface area contributed by atoms with Gasteiger partial charge in [-0.15, -0.1) is 0 Å². The predicted molar refractivity (Wildman–Crippen MR) is 76.3 cm³/mol. The molecule has 0 saturated heterocycles. The van der Waals surface area contributed by atoms with E-state index in [1.54, 1.807) is 12.1 Å². The number of ketones is 1. The molecule has 0 spiro atoms. The smallest absolute Gasteiger partial charge is 0.420 e. The Labute approximate surface area is 121 Å². The normalized spacial score (nSPS) is 10.8. The highest BCUT2D eigenvalue weighted by atomic mass is 16.5. The molecule has 0 radical (unpaired) electrons. The molecule has 6 heteroatoms. The van der Waals surface area contributed by atoms with Crippen molar-refractivity contribution in [1.29, 1.82) is 0 Å². The molecule has 0 aliphatic carbocycles. The number of fused-ring (bicyclic) bond motifs is 1. The molecule has 2 aromatic rings. The molecule has 0 atom stereocenters. The number of unbranched alkanes of at least 4 members (excludes halogenated alkanes) is 1. The SMILES string of the molecule is CCCCOC(=O)Cn1c(=O)oc2cc(C(C)=O)ccc21. The van der Waals surface area contributed by atoms with Crippen LogP contribution in [-0.2, 0) is 16.1 Å². The molecule has 2 rings (SSSR count). The summed E-state index contributed by atoms with van der Waals surface area (Å²) in [4.78, 5) is 34.8. The second-order valence-electron chi connectivity index (χ2n) is 4.77. The van der Waals surface area contributed by atoms with Crippen molar-refractivity contribution >= 4 is 22.9 Å². The molecule has 0 aliphatic heterocycles. The molecule has 1 heterocycles. The fourth-order valence-corrected chi connectivity index (χ4v) is 1.94. The quantitative estimate of drug-likeness (QED) is 0.463. The first-order valence-electron chi connectivity index (χ1n) is 6.83. The summed E-state index contributed by atoms with van der Waals surface area (Å²) in [5.74, 6) is -1.24. The topological polar surface area (TPSA) is 78.5 Å². The van der Waals surface area contributed by atoms with E-state index in [1.165, 1.54) is 17.6 Å². The van der Waals surface area contributed by atoms with Gasteiger partial charge in [-0.25, -0.2) is 4.79 Å². The van der Waals surface area contributed by atoms with Crippen LogP contribution in [-0.4, -0.2) is 22.9 Å². The number of aromatic nitrogens is 1. The Kier molecular flexibility index (Phi) is 4.57. The Hall–Kier alpha value is -2.37. The van der Waals surface area contributed by atoms with E-state index in [9.17, 15) is 14.4 Å². The van der Waals surface area contributed by atoms with Crippen molar-refractivity contribution in [1.82, 2.24) is 4.57 Å². The predicted octanol–water partition coefficient (Wildman–Crippen LogP) is 2.14. The number of hydrogen-bond donors (Lipinski definition) is 0. The third-order valence-electron chi connectivity index (χ3n) is 3.12. The van der Waals surface area contributed by atoms with Crippen molar-refractivity contribution < 1.29 is 18.7 Å². The minimum atomic E-state index is -0.641. The fraction of sp³-hybridized carbons (Fsp3) is 0.400. The molecule has 0 N–H and O–H groups in total. The lowest BCUT2D eigenvalue weighted by Crippen LogP contribution is -2.21. The number of carbonyl (C=O) groups excluding carboxylic acids is 2. The minimum Gasteiger partial charge on any atom is -0.464 e. The Morgan fingerprint density at radius 3 is 2.76 bits per heavy atom. The van der Waals surface area contributed by atoms with Crippen molar-refractivity contribution in [3.63, 3.8) is 0 Å². The third kappa shape index (κ3) is 3.39. The fourth-order valence-electron chi connectivity index (χ4n) is 1.94. The Morgan fingerprint density at radius 1 is 1.33 bits per heavy atom. The van der Waals surface area contributed by atoms with Crippen LogP contribution in [0.3, 0.4) is 0 Å². The van der Waals surface area contributed by atoms with E-state index in [0.29, 0.717) is 17.7 Å². The van der Waals surface area contributed by atoms with Gasteiger partial charge in [0.1, 0.15) is 6.54 Å². The Bertz CT molecular complexity index is 725. The number of esters is 1. The van der Waals surface area contributed by atoms with E-state index < -0.39 is 11.7 Å². The van der Waals surface area contributed by atoms with Gasteiger partial charge in [0.15, 0.2) is 11.4 Å². The van der Waals surface area contributed by atoms with Crippen LogP contribution in [0.5, 0.6) is 0 Å². The number of benzene rings is 1.